The maximum atomic E-state index is 12.0. The van der Waals surface area contributed by atoms with Crippen molar-refractivity contribution in [1.82, 2.24) is 5.32 Å². The van der Waals surface area contributed by atoms with Gasteiger partial charge in [-0.15, -0.1) is 0 Å². The van der Waals surface area contributed by atoms with Crippen LogP contribution in [0.15, 0.2) is 48.5 Å². The topological polar surface area (TPSA) is 38.3 Å². The summed E-state index contributed by atoms with van der Waals surface area (Å²) >= 11 is 0. The summed E-state index contributed by atoms with van der Waals surface area (Å²) in [4.78, 5) is 12.0. The molecule has 0 spiro atoms. The monoisotopic (exact) mass is 283 g/mol. The van der Waals surface area contributed by atoms with Gasteiger partial charge in [-0.25, -0.2) is 0 Å². The van der Waals surface area contributed by atoms with E-state index in [4.69, 9.17) is 4.74 Å². The molecule has 0 heterocycles. The second kappa shape index (κ2) is 7.48. The van der Waals surface area contributed by atoms with E-state index in [0.717, 1.165) is 29.9 Å². The second-order valence-electron chi connectivity index (χ2n) is 5.04. The third-order valence-electron chi connectivity index (χ3n) is 3.16. The van der Waals surface area contributed by atoms with E-state index in [0.29, 0.717) is 12.1 Å². The number of ether oxygens (including phenoxy) is 1. The van der Waals surface area contributed by atoms with Crippen LogP contribution >= 0.6 is 0 Å². The third kappa shape index (κ3) is 4.63. The molecule has 1 amide bonds. The molecule has 0 aliphatic rings. The fourth-order valence-electron chi connectivity index (χ4n) is 1.91. The van der Waals surface area contributed by atoms with Gasteiger partial charge in [-0.1, -0.05) is 36.8 Å². The van der Waals surface area contributed by atoms with Crippen LogP contribution in [0, 0.1) is 6.92 Å². The fraction of sp³-hybridized carbons (Fsp3) is 0.278. The Kier molecular flexibility index (Phi) is 5.38. The lowest BCUT2D eigenvalue weighted by molar-refractivity contribution is 0.0951. The molecule has 2 aromatic carbocycles. The van der Waals surface area contributed by atoms with Crippen molar-refractivity contribution < 1.29 is 9.53 Å². The zero-order chi connectivity index (χ0) is 15.1. The van der Waals surface area contributed by atoms with Crippen LogP contribution in [0.5, 0.6) is 5.75 Å². The van der Waals surface area contributed by atoms with Crippen LogP contribution in [-0.2, 0) is 6.54 Å². The van der Waals surface area contributed by atoms with Crippen molar-refractivity contribution in [1.29, 1.82) is 0 Å². The summed E-state index contributed by atoms with van der Waals surface area (Å²) in [5, 5.41) is 2.92. The van der Waals surface area contributed by atoms with E-state index in [-0.39, 0.29) is 5.91 Å². The Morgan fingerprint density at radius 1 is 1.05 bits per heavy atom. The molecule has 0 saturated carbocycles. The molecule has 0 radical (unpaired) electrons. The Labute approximate surface area is 126 Å². The van der Waals surface area contributed by atoms with Crippen LogP contribution in [0.4, 0.5) is 0 Å². The Balaban J connectivity index is 1.87. The number of hydrogen-bond acceptors (Lipinski definition) is 2. The highest BCUT2D eigenvalue weighted by atomic mass is 16.5. The van der Waals surface area contributed by atoms with Crippen molar-refractivity contribution in [3.63, 3.8) is 0 Å². The number of carbonyl (C=O) groups is 1. The van der Waals surface area contributed by atoms with Crippen LogP contribution in [-0.4, -0.2) is 12.5 Å². The summed E-state index contributed by atoms with van der Waals surface area (Å²) in [6.07, 6.45) is 0.994. The summed E-state index contributed by atoms with van der Waals surface area (Å²) in [5.41, 5.74) is 2.89. The van der Waals surface area contributed by atoms with Crippen molar-refractivity contribution in [2.24, 2.45) is 0 Å². The van der Waals surface area contributed by atoms with Gasteiger partial charge in [0.2, 0.25) is 0 Å². The van der Waals surface area contributed by atoms with E-state index < -0.39 is 0 Å². The smallest absolute Gasteiger partial charge is 0.251 e. The first-order valence-electron chi connectivity index (χ1n) is 7.25. The number of rotatable bonds is 6. The van der Waals surface area contributed by atoms with Gasteiger partial charge in [0.15, 0.2) is 0 Å². The predicted molar refractivity (Wildman–Crippen MR) is 84.6 cm³/mol. The predicted octanol–water partition coefficient (Wildman–Crippen LogP) is 3.71. The van der Waals surface area contributed by atoms with E-state index in [1.807, 2.05) is 55.5 Å². The Morgan fingerprint density at radius 2 is 1.71 bits per heavy atom. The maximum absolute atomic E-state index is 12.0. The van der Waals surface area contributed by atoms with Gasteiger partial charge in [-0.2, -0.15) is 0 Å². The molecule has 2 aromatic rings. The fourth-order valence-corrected chi connectivity index (χ4v) is 1.91. The highest BCUT2D eigenvalue weighted by Crippen LogP contribution is 2.12. The van der Waals surface area contributed by atoms with Crippen LogP contribution in [0.1, 0.15) is 34.8 Å². The molecule has 0 aliphatic carbocycles. The van der Waals surface area contributed by atoms with Gasteiger partial charge in [0, 0.05) is 12.1 Å². The molecular formula is C18H21NO2. The third-order valence-corrected chi connectivity index (χ3v) is 3.16. The van der Waals surface area contributed by atoms with Crippen molar-refractivity contribution in [2.75, 3.05) is 6.61 Å². The van der Waals surface area contributed by atoms with Crippen molar-refractivity contribution >= 4 is 5.91 Å². The molecule has 0 aromatic heterocycles. The van der Waals surface area contributed by atoms with Crippen molar-refractivity contribution in [3.05, 3.63) is 65.2 Å². The quantitative estimate of drug-likeness (QED) is 0.877. The zero-order valence-electron chi connectivity index (χ0n) is 12.6. The summed E-state index contributed by atoms with van der Waals surface area (Å²) in [6.45, 7) is 5.32. The van der Waals surface area contributed by atoms with Gasteiger partial charge >= 0.3 is 0 Å². The molecule has 0 atom stereocenters. The van der Waals surface area contributed by atoms with Gasteiger partial charge in [-0.3, -0.25) is 4.79 Å². The summed E-state index contributed by atoms with van der Waals surface area (Å²) in [6, 6.07) is 15.4. The number of amides is 1. The zero-order valence-corrected chi connectivity index (χ0v) is 12.6. The number of nitrogens with one attached hydrogen (secondary N) is 1. The van der Waals surface area contributed by atoms with Gasteiger partial charge in [-0.05, 0) is 43.2 Å². The lowest BCUT2D eigenvalue weighted by Gasteiger charge is -2.08. The second-order valence-corrected chi connectivity index (χ2v) is 5.04. The lowest BCUT2D eigenvalue weighted by atomic mass is 10.1. The average molecular weight is 283 g/mol. The lowest BCUT2D eigenvalue weighted by Crippen LogP contribution is -2.22. The maximum Gasteiger partial charge on any atom is 0.251 e. The summed E-state index contributed by atoms with van der Waals surface area (Å²) < 4.78 is 5.53. The normalized spacial score (nSPS) is 10.2. The largest absolute Gasteiger partial charge is 0.494 e. The van der Waals surface area contributed by atoms with Crippen molar-refractivity contribution in [3.8, 4) is 5.75 Å². The molecule has 0 fully saturated rings. The van der Waals surface area contributed by atoms with E-state index in [2.05, 4.69) is 12.2 Å². The molecule has 21 heavy (non-hydrogen) atoms. The first kappa shape index (κ1) is 15.1. The highest BCUT2D eigenvalue weighted by molar-refractivity contribution is 5.94. The molecular weight excluding hydrogens is 262 g/mol. The Bertz CT molecular complexity index is 573. The molecule has 0 bridgehead atoms. The average Bonchev–Trinajstić information content (AvgIpc) is 2.52. The molecule has 110 valence electrons. The molecule has 0 aliphatic heterocycles. The van der Waals surface area contributed by atoms with Crippen LogP contribution in [0.25, 0.3) is 0 Å². The van der Waals surface area contributed by atoms with E-state index in [9.17, 15) is 4.79 Å². The molecule has 0 unspecified atom stereocenters. The molecule has 0 saturated heterocycles. The van der Waals surface area contributed by atoms with Crippen molar-refractivity contribution in [2.45, 2.75) is 26.8 Å². The number of aryl methyl sites for hydroxylation is 1. The first-order valence-corrected chi connectivity index (χ1v) is 7.25. The minimum atomic E-state index is -0.0543. The highest BCUT2D eigenvalue weighted by Gasteiger charge is 2.04. The van der Waals surface area contributed by atoms with Gasteiger partial charge in [0.25, 0.3) is 5.91 Å². The van der Waals surface area contributed by atoms with Gasteiger partial charge < -0.3 is 10.1 Å². The number of carbonyl (C=O) groups excluding carboxylic acids is 1. The Morgan fingerprint density at radius 3 is 2.33 bits per heavy atom. The molecule has 2 rings (SSSR count). The van der Waals surface area contributed by atoms with Crippen LogP contribution in [0.3, 0.4) is 0 Å². The minimum Gasteiger partial charge on any atom is -0.494 e. The number of hydrogen-bond donors (Lipinski definition) is 1. The minimum absolute atomic E-state index is 0.0543. The van der Waals surface area contributed by atoms with Crippen LogP contribution in [0.2, 0.25) is 0 Å². The molecule has 3 nitrogen and oxygen atoms in total. The summed E-state index contributed by atoms with van der Waals surface area (Å²) in [7, 11) is 0. The first-order chi connectivity index (χ1) is 10.2. The van der Waals surface area contributed by atoms with E-state index in [1.54, 1.807) is 0 Å². The van der Waals surface area contributed by atoms with Gasteiger partial charge in [0.1, 0.15) is 5.75 Å². The van der Waals surface area contributed by atoms with E-state index >= 15 is 0 Å². The molecule has 1 N–H and O–H groups in total. The standard InChI is InChI=1S/C18H21NO2/c1-3-12-21-17-10-6-15(7-11-17)13-19-18(20)16-8-4-14(2)5-9-16/h4-11H,3,12-13H2,1-2H3,(H,19,20). The van der Waals surface area contributed by atoms with Gasteiger partial charge in [0.05, 0.1) is 6.61 Å². The SMILES string of the molecule is CCCOc1ccc(CNC(=O)c2ccc(C)cc2)cc1. The van der Waals surface area contributed by atoms with Crippen LogP contribution < -0.4 is 10.1 Å². The molecule has 3 heteroatoms. The number of benzene rings is 2. The Hall–Kier alpha value is -2.29. The summed E-state index contributed by atoms with van der Waals surface area (Å²) in [5.74, 6) is 0.812. The van der Waals surface area contributed by atoms with E-state index in [1.165, 1.54) is 0 Å².